The summed E-state index contributed by atoms with van der Waals surface area (Å²) in [7, 11) is 0. The van der Waals surface area contributed by atoms with E-state index in [9.17, 15) is 14.4 Å². The molecule has 338 valence electrons. The van der Waals surface area contributed by atoms with Gasteiger partial charge >= 0.3 is 17.9 Å². The first kappa shape index (κ1) is 55.6. The summed E-state index contributed by atoms with van der Waals surface area (Å²) in [6.07, 6.45) is 54.1. The number of carbonyl (C=O) groups excluding carboxylic acids is 3. The van der Waals surface area contributed by atoms with Crippen molar-refractivity contribution in [2.45, 2.75) is 264 Å². The lowest BCUT2D eigenvalue weighted by molar-refractivity contribution is -0.167. The minimum atomic E-state index is -0.778. The fraction of sp³-hybridized carbons (Fsp3) is 0.827. The molecule has 0 aliphatic rings. The van der Waals surface area contributed by atoms with Crippen molar-refractivity contribution < 1.29 is 28.6 Å². The van der Waals surface area contributed by atoms with Gasteiger partial charge < -0.3 is 14.2 Å². The summed E-state index contributed by atoms with van der Waals surface area (Å²) in [4.78, 5) is 37.9. The van der Waals surface area contributed by atoms with Gasteiger partial charge in [0.15, 0.2) is 6.10 Å². The molecule has 0 N–H and O–H groups in total. The highest BCUT2D eigenvalue weighted by Crippen LogP contribution is 2.15. The molecule has 6 heteroatoms. The van der Waals surface area contributed by atoms with E-state index >= 15 is 0 Å². The van der Waals surface area contributed by atoms with Gasteiger partial charge in [0.1, 0.15) is 13.2 Å². The van der Waals surface area contributed by atoms with Crippen LogP contribution in [0.1, 0.15) is 258 Å². The Hall–Kier alpha value is -2.37. The zero-order valence-electron chi connectivity index (χ0n) is 38.6. The smallest absolute Gasteiger partial charge is 0.306 e. The van der Waals surface area contributed by atoms with E-state index in [0.717, 1.165) is 96.3 Å². The molecular formula is C52H94O6. The molecule has 0 fully saturated rings. The molecule has 0 aromatic carbocycles. The molecule has 0 aliphatic heterocycles. The highest BCUT2D eigenvalue weighted by atomic mass is 16.6. The van der Waals surface area contributed by atoms with E-state index in [1.165, 1.54) is 122 Å². The van der Waals surface area contributed by atoms with Crippen LogP contribution in [-0.2, 0) is 28.6 Å². The van der Waals surface area contributed by atoms with Crippen LogP contribution in [-0.4, -0.2) is 37.2 Å². The molecule has 1 unspecified atom stereocenters. The number of carbonyl (C=O) groups is 3. The predicted octanol–water partition coefficient (Wildman–Crippen LogP) is 16.1. The quantitative estimate of drug-likeness (QED) is 0.0264. The van der Waals surface area contributed by atoms with Crippen LogP contribution in [0.2, 0.25) is 0 Å². The van der Waals surface area contributed by atoms with E-state index in [1.54, 1.807) is 0 Å². The second-order valence-electron chi connectivity index (χ2n) is 16.7. The van der Waals surface area contributed by atoms with Crippen molar-refractivity contribution in [3.8, 4) is 0 Å². The molecule has 0 rings (SSSR count). The van der Waals surface area contributed by atoms with Crippen LogP contribution in [0.5, 0.6) is 0 Å². The number of esters is 3. The van der Waals surface area contributed by atoms with Gasteiger partial charge in [0.05, 0.1) is 0 Å². The lowest BCUT2D eigenvalue weighted by Crippen LogP contribution is -2.30. The first-order chi connectivity index (χ1) is 28.5. The number of rotatable bonds is 45. The summed E-state index contributed by atoms with van der Waals surface area (Å²) in [6.45, 7) is 6.54. The van der Waals surface area contributed by atoms with Gasteiger partial charge in [0, 0.05) is 19.3 Å². The van der Waals surface area contributed by atoms with Gasteiger partial charge in [-0.2, -0.15) is 0 Å². The molecule has 0 amide bonds. The SMILES string of the molecule is CCC/C=C\C/C=C\CCCCCCCC(=O)OC(COC(=O)CCCCCCC/C=C\CCCCC)COC(=O)CCCCCCCCCCCCCCCCC. The molecule has 0 aromatic heterocycles. The Labute approximate surface area is 359 Å². The molecule has 0 aliphatic carbocycles. The highest BCUT2D eigenvalue weighted by molar-refractivity contribution is 5.71. The Morgan fingerprint density at radius 2 is 0.655 bits per heavy atom. The number of hydrogen-bond acceptors (Lipinski definition) is 6. The minimum Gasteiger partial charge on any atom is -0.462 e. The molecular weight excluding hydrogens is 721 g/mol. The number of ether oxygens (including phenoxy) is 3. The minimum absolute atomic E-state index is 0.0778. The van der Waals surface area contributed by atoms with Gasteiger partial charge in [-0.25, -0.2) is 0 Å². The van der Waals surface area contributed by atoms with Gasteiger partial charge in [-0.3, -0.25) is 14.4 Å². The van der Waals surface area contributed by atoms with E-state index < -0.39 is 6.10 Å². The first-order valence-electron chi connectivity index (χ1n) is 25.0. The van der Waals surface area contributed by atoms with E-state index in [0.29, 0.717) is 19.3 Å². The second-order valence-corrected chi connectivity index (χ2v) is 16.7. The standard InChI is InChI=1S/C52H94O6/c1-4-7-10-13-16-19-22-25-26-28-30-33-36-39-42-45-51(54)57-48-49(47-56-50(53)44-41-38-35-32-29-24-21-18-15-12-9-6-3)58-52(55)46-43-40-37-34-31-27-23-20-17-14-11-8-5-2/h11,14,18,20-21,23,49H,4-10,12-13,15-17,19,22,24-48H2,1-3H3/b14-11-,21-18-,23-20-. The number of allylic oxidation sites excluding steroid dienone is 6. The normalized spacial score (nSPS) is 12.3. The maximum Gasteiger partial charge on any atom is 0.306 e. The van der Waals surface area contributed by atoms with E-state index in [1.807, 2.05) is 0 Å². The predicted molar refractivity (Wildman–Crippen MR) is 247 cm³/mol. The number of hydrogen-bond donors (Lipinski definition) is 0. The summed E-state index contributed by atoms with van der Waals surface area (Å²) >= 11 is 0. The molecule has 0 spiro atoms. The molecule has 0 radical (unpaired) electrons. The van der Waals surface area contributed by atoms with Gasteiger partial charge in [0.2, 0.25) is 0 Å². The highest BCUT2D eigenvalue weighted by Gasteiger charge is 2.19. The zero-order chi connectivity index (χ0) is 42.3. The van der Waals surface area contributed by atoms with Crippen LogP contribution >= 0.6 is 0 Å². The monoisotopic (exact) mass is 815 g/mol. The van der Waals surface area contributed by atoms with Crippen LogP contribution < -0.4 is 0 Å². The Balaban J connectivity index is 4.37. The van der Waals surface area contributed by atoms with E-state index in [-0.39, 0.29) is 31.1 Å². The van der Waals surface area contributed by atoms with Crippen molar-refractivity contribution in [3.05, 3.63) is 36.5 Å². The third-order valence-corrected chi connectivity index (χ3v) is 10.8. The Kier molecular flexibility index (Phi) is 45.4. The van der Waals surface area contributed by atoms with Crippen LogP contribution in [0.4, 0.5) is 0 Å². The van der Waals surface area contributed by atoms with Crippen LogP contribution in [0.3, 0.4) is 0 Å². The first-order valence-corrected chi connectivity index (χ1v) is 25.0. The van der Waals surface area contributed by atoms with Crippen molar-refractivity contribution in [1.29, 1.82) is 0 Å². The van der Waals surface area contributed by atoms with Crippen LogP contribution in [0.25, 0.3) is 0 Å². The van der Waals surface area contributed by atoms with Gasteiger partial charge in [0.25, 0.3) is 0 Å². The summed E-state index contributed by atoms with van der Waals surface area (Å²) in [5.41, 5.74) is 0. The van der Waals surface area contributed by atoms with Crippen LogP contribution in [0, 0.1) is 0 Å². The summed E-state index contributed by atoms with van der Waals surface area (Å²) < 4.78 is 16.8. The summed E-state index contributed by atoms with van der Waals surface area (Å²) in [5, 5.41) is 0. The molecule has 0 saturated carbocycles. The molecule has 1 atom stereocenters. The lowest BCUT2D eigenvalue weighted by Gasteiger charge is -2.18. The van der Waals surface area contributed by atoms with E-state index in [2.05, 4.69) is 57.2 Å². The summed E-state index contributed by atoms with van der Waals surface area (Å²) in [5.74, 6) is -0.894. The number of unbranched alkanes of at least 4 members (excludes halogenated alkanes) is 28. The molecule has 6 nitrogen and oxygen atoms in total. The van der Waals surface area contributed by atoms with Gasteiger partial charge in [-0.1, -0.05) is 205 Å². The van der Waals surface area contributed by atoms with E-state index in [4.69, 9.17) is 14.2 Å². The molecule has 0 bridgehead atoms. The zero-order valence-corrected chi connectivity index (χ0v) is 38.6. The van der Waals surface area contributed by atoms with Crippen molar-refractivity contribution in [2.24, 2.45) is 0 Å². The second kappa shape index (κ2) is 47.3. The molecule has 0 aromatic rings. The average molecular weight is 815 g/mol. The fourth-order valence-electron chi connectivity index (χ4n) is 7.06. The van der Waals surface area contributed by atoms with Crippen molar-refractivity contribution >= 4 is 17.9 Å². The Morgan fingerprint density at radius 3 is 1.07 bits per heavy atom. The average Bonchev–Trinajstić information content (AvgIpc) is 3.22. The topological polar surface area (TPSA) is 78.9 Å². The summed E-state index contributed by atoms with van der Waals surface area (Å²) in [6, 6.07) is 0. The molecule has 58 heavy (non-hydrogen) atoms. The maximum atomic E-state index is 12.7. The van der Waals surface area contributed by atoms with Crippen molar-refractivity contribution in [1.82, 2.24) is 0 Å². The molecule has 0 heterocycles. The van der Waals surface area contributed by atoms with Crippen LogP contribution in [0.15, 0.2) is 36.5 Å². The van der Waals surface area contributed by atoms with Gasteiger partial charge in [-0.15, -0.1) is 0 Å². The third kappa shape index (κ3) is 44.7. The largest absolute Gasteiger partial charge is 0.462 e. The van der Waals surface area contributed by atoms with Gasteiger partial charge in [-0.05, 0) is 70.6 Å². The van der Waals surface area contributed by atoms with Crippen molar-refractivity contribution in [3.63, 3.8) is 0 Å². The van der Waals surface area contributed by atoms with Crippen molar-refractivity contribution in [2.75, 3.05) is 13.2 Å². The maximum absolute atomic E-state index is 12.7. The lowest BCUT2D eigenvalue weighted by atomic mass is 10.0. The third-order valence-electron chi connectivity index (χ3n) is 10.8. The Bertz CT molecular complexity index is 984. The Morgan fingerprint density at radius 1 is 0.345 bits per heavy atom. The molecule has 0 saturated heterocycles. The fourth-order valence-corrected chi connectivity index (χ4v) is 7.06.